The first-order chi connectivity index (χ1) is 13.1. The van der Waals surface area contributed by atoms with Gasteiger partial charge in [-0.15, -0.1) is 11.3 Å². The average molecular weight is 379 g/mol. The summed E-state index contributed by atoms with van der Waals surface area (Å²) in [5, 5.41) is 3.86. The quantitative estimate of drug-likeness (QED) is 0.733. The maximum absolute atomic E-state index is 12.8. The third kappa shape index (κ3) is 3.71. The van der Waals surface area contributed by atoms with Gasteiger partial charge in [-0.1, -0.05) is 18.2 Å². The van der Waals surface area contributed by atoms with Gasteiger partial charge < -0.3 is 10.1 Å². The molecule has 0 saturated carbocycles. The van der Waals surface area contributed by atoms with Gasteiger partial charge in [-0.25, -0.2) is 4.98 Å². The SMILES string of the molecule is Cc1nc(-c2ccccn2)sc1C(=O)NC(C)c1ccc2c(c1)CCCO2. The van der Waals surface area contributed by atoms with Gasteiger partial charge in [0.1, 0.15) is 15.6 Å². The van der Waals surface area contributed by atoms with Crippen LogP contribution in [0.3, 0.4) is 0 Å². The molecule has 1 aromatic carbocycles. The molecule has 1 atom stereocenters. The Hall–Kier alpha value is -2.73. The van der Waals surface area contributed by atoms with Crippen LogP contribution in [0.4, 0.5) is 0 Å². The lowest BCUT2D eigenvalue weighted by molar-refractivity contribution is 0.0943. The monoisotopic (exact) mass is 379 g/mol. The number of benzene rings is 1. The van der Waals surface area contributed by atoms with E-state index in [9.17, 15) is 4.79 Å². The van der Waals surface area contributed by atoms with Crippen LogP contribution < -0.4 is 10.1 Å². The van der Waals surface area contributed by atoms with Crippen molar-refractivity contribution in [3.05, 3.63) is 64.3 Å². The number of aromatic nitrogens is 2. The third-order valence-electron chi connectivity index (χ3n) is 4.67. The molecular weight excluding hydrogens is 358 g/mol. The highest BCUT2D eigenvalue weighted by Gasteiger charge is 2.20. The lowest BCUT2D eigenvalue weighted by atomic mass is 10.00. The summed E-state index contributed by atoms with van der Waals surface area (Å²) >= 11 is 1.38. The van der Waals surface area contributed by atoms with E-state index in [4.69, 9.17) is 4.74 Å². The largest absolute Gasteiger partial charge is 0.493 e. The number of amides is 1. The van der Waals surface area contributed by atoms with Crippen molar-refractivity contribution >= 4 is 17.2 Å². The molecule has 1 N–H and O–H groups in total. The Morgan fingerprint density at radius 2 is 2.19 bits per heavy atom. The second kappa shape index (κ2) is 7.48. The summed E-state index contributed by atoms with van der Waals surface area (Å²) in [6.45, 7) is 4.64. The van der Waals surface area contributed by atoms with Gasteiger partial charge in [0, 0.05) is 6.20 Å². The van der Waals surface area contributed by atoms with Crippen molar-refractivity contribution in [2.75, 3.05) is 6.61 Å². The smallest absolute Gasteiger partial charge is 0.263 e. The van der Waals surface area contributed by atoms with Gasteiger partial charge in [0.2, 0.25) is 0 Å². The van der Waals surface area contributed by atoms with Crippen LogP contribution in [0.5, 0.6) is 5.75 Å². The Morgan fingerprint density at radius 3 is 3.00 bits per heavy atom. The van der Waals surface area contributed by atoms with Gasteiger partial charge in [0.25, 0.3) is 5.91 Å². The molecule has 0 fully saturated rings. The first-order valence-electron chi connectivity index (χ1n) is 9.07. The molecule has 4 rings (SSSR count). The van der Waals surface area contributed by atoms with Crippen LogP contribution in [0, 0.1) is 6.92 Å². The summed E-state index contributed by atoms with van der Waals surface area (Å²) < 4.78 is 5.67. The number of fused-ring (bicyclic) bond motifs is 1. The second-order valence-corrected chi connectivity index (χ2v) is 7.66. The van der Waals surface area contributed by atoms with Gasteiger partial charge in [-0.2, -0.15) is 0 Å². The molecule has 1 aliphatic rings. The summed E-state index contributed by atoms with van der Waals surface area (Å²) in [7, 11) is 0. The Bertz CT molecular complexity index is 969. The number of pyridine rings is 1. The predicted octanol–water partition coefficient (Wildman–Crippen LogP) is 4.33. The van der Waals surface area contributed by atoms with E-state index in [1.165, 1.54) is 16.9 Å². The van der Waals surface area contributed by atoms with Gasteiger partial charge in [-0.3, -0.25) is 9.78 Å². The van der Waals surface area contributed by atoms with E-state index in [0.717, 1.165) is 47.2 Å². The van der Waals surface area contributed by atoms with Gasteiger partial charge in [0.15, 0.2) is 0 Å². The van der Waals surface area contributed by atoms with Gasteiger partial charge >= 0.3 is 0 Å². The zero-order valence-electron chi connectivity index (χ0n) is 15.4. The molecule has 5 nitrogen and oxygen atoms in total. The zero-order valence-corrected chi connectivity index (χ0v) is 16.2. The van der Waals surface area contributed by atoms with Crippen molar-refractivity contribution < 1.29 is 9.53 Å². The summed E-state index contributed by atoms with van der Waals surface area (Å²) in [5.74, 6) is 0.857. The van der Waals surface area contributed by atoms with Crippen molar-refractivity contribution in [3.63, 3.8) is 0 Å². The maximum Gasteiger partial charge on any atom is 0.263 e. The number of carbonyl (C=O) groups excluding carboxylic acids is 1. The van der Waals surface area contributed by atoms with E-state index in [1.807, 2.05) is 44.2 Å². The van der Waals surface area contributed by atoms with Crippen molar-refractivity contribution in [1.29, 1.82) is 0 Å². The normalized spacial score (nSPS) is 14.1. The maximum atomic E-state index is 12.8. The molecule has 27 heavy (non-hydrogen) atoms. The number of nitrogens with one attached hydrogen (secondary N) is 1. The third-order valence-corrected chi connectivity index (χ3v) is 5.85. The molecule has 0 radical (unpaired) electrons. The molecule has 3 aromatic rings. The Labute approximate surface area is 162 Å². The summed E-state index contributed by atoms with van der Waals surface area (Å²) in [6, 6.07) is 11.8. The molecule has 3 heterocycles. The van der Waals surface area contributed by atoms with Crippen LogP contribution in [0.1, 0.15) is 45.9 Å². The zero-order chi connectivity index (χ0) is 18.8. The predicted molar refractivity (Wildman–Crippen MR) is 106 cm³/mol. The Balaban J connectivity index is 1.51. The lowest BCUT2D eigenvalue weighted by Crippen LogP contribution is -2.26. The molecule has 0 spiro atoms. The number of nitrogens with zero attached hydrogens (tertiary/aromatic N) is 2. The molecule has 6 heteroatoms. The molecular formula is C21H21N3O2S. The molecule has 2 aromatic heterocycles. The highest BCUT2D eigenvalue weighted by molar-refractivity contribution is 7.17. The van der Waals surface area contributed by atoms with Gasteiger partial charge in [0.05, 0.1) is 24.0 Å². The van der Waals surface area contributed by atoms with E-state index in [2.05, 4.69) is 21.4 Å². The molecule has 138 valence electrons. The number of carbonyl (C=O) groups is 1. The standard InChI is InChI=1S/C21H21N3O2S/c1-13(15-8-9-18-16(12-15)6-5-11-26-18)23-20(25)19-14(2)24-21(27-19)17-7-3-4-10-22-17/h3-4,7-10,12-13H,5-6,11H2,1-2H3,(H,23,25). The number of rotatable bonds is 4. The van der Waals surface area contributed by atoms with Gasteiger partial charge in [-0.05, 0) is 56.0 Å². The van der Waals surface area contributed by atoms with Crippen molar-refractivity contribution in [2.45, 2.75) is 32.7 Å². The van der Waals surface area contributed by atoms with Crippen LogP contribution in [0.2, 0.25) is 0 Å². The Kier molecular flexibility index (Phi) is 4.90. The molecule has 0 aliphatic carbocycles. The first-order valence-corrected chi connectivity index (χ1v) is 9.89. The molecule has 1 amide bonds. The van der Waals surface area contributed by atoms with Crippen molar-refractivity contribution in [3.8, 4) is 16.5 Å². The topological polar surface area (TPSA) is 64.1 Å². The summed E-state index contributed by atoms with van der Waals surface area (Å²) in [6.07, 6.45) is 3.78. The minimum absolute atomic E-state index is 0.0930. The second-order valence-electron chi connectivity index (χ2n) is 6.66. The minimum Gasteiger partial charge on any atom is -0.493 e. The lowest BCUT2D eigenvalue weighted by Gasteiger charge is -2.20. The first kappa shape index (κ1) is 17.7. The summed E-state index contributed by atoms with van der Waals surface area (Å²) in [4.78, 5) is 22.3. The average Bonchev–Trinajstić information content (AvgIpc) is 3.10. The van der Waals surface area contributed by atoms with Crippen LogP contribution in [-0.2, 0) is 6.42 Å². The van der Waals surface area contributed by atoms with Crippen LogP contribution in [-0.4, -0.2) is 22.5 Å². The number of hydrogen-bond donors (Lipinski definition) is 1. The number of hydrogen-bond acceptors (Lipinski definition) is 5. The van der Waals surface area contributed by atoms with Crippen LogP contribution in [0.25, 0.3) is 10.7 Å². The highest BCUT2D eigenvalue weighted by Crippen LogP contribution is 2.29. The molecule has 0 saturated heterocycles. The number of aryl methyl sites for hydroxylation is 2. The molecule has 0 bridgehead atoms. The molecule has 1 aliphatic heterocycles. The highest BCUT2D eigenvalue weighted by atomic mass is 32.1. The van der Waals surface area contributed by atoms with E-state index in [-0.39, 0.29) is 11.9 Å². The van der Waals surface area contributed by atoms with Crippen LogP contribution in [0.15, 0.2) is 42.6 Å². The van der Waals surface area contributed by atoms with E-state index >= 15 is 0 Å². The fourth-order valence-corrected chi connectivity index (χ4v) is 4.15. The fraction of sp³-hybridized carbons (Fsp3) is 0.286. The van der Waals surface area contributed by atoms with E-state index < -0.39 is 0 Å². The van der Waals surface area contributed by atoms with E-state index in [0.29, 0.717) is 4.88 Å². The van der Waals surface area contributed by atoms with Crippen molar-refractivity contribution in [2.24, 2.45) is 0 Å². The molecule has 1 unspecified atom stereocenters. The Morgan fingerprint density at radius 1 is 1.30 bits per heavy atom. The fourth-order valence-electron chi connectivity index (χ4n) is 3.20. The summed E-state index contributed by atoms with van der Waals surface area (Å²) in [5.41, 5.74) is 3.81. The van der Waals surface area contributed by atoms with E-state index in [1.54, 1.807) is 6.20 Å². The minimum atomic E-state index is -0.103. The van der Waals surface area contributed by atoms with Crippen molar-refractivity contribution in [1.82, 2.24) is 15.3 Å². The number of ether oxygens (including phenoxy) is 1. The van der Waals surface area contributed by atoms with Crippen LogP contribution >= 0.6 is 11.3 Å². The number of thiazole rings is 1.